The highest BCUT2D eigenvalue weighted by atomic mass is 32.1. The third-order valence-electron chi connectivity index (χ3n) is 12.6. The molecule has 7 rings (SSSR count). The molecule has 306 valence electrons. The first-order valence-corrected chi connectivity index (χ1v) is 21.4. The third kappa shape index (κ3) is 9.10. The zero-order valence-corrected chi connectivity index (χ0v) is 35.8. The van der Waals surface area contributed by atoms with Crippen LogP contribution in [0.15, 0.2) is 54.0 Å². The summed E-state index contributed by atoms with van der Waals surface area (Å²) in [4.78, 5) is 55.2. The Morgan fingerprint density at radius 3 is 2.18 bits per heavy atom. The van der Waals surface area contributed by atoms with Gasteiger partial charge in [-0.15, -0.1) is 11.3 Å². The molecule has 3 aromatic rings. The summed E-state index contributed by atoms with van der Waals surface area (Å²) < 4.78 is 12.5. The number of benzene rings is 2. The number of aryl methyl sites for hydroxylation is 1. The Morgan fingerprint density at radius 1 is 0.930 bits per heavy atom. The van der Waals surface area contributed by atoms with Crippen molar-refractivity contribution in [3.05, 3.63) is 65.3 Å². The van der Waals surface area contributed by atoms with E-state index in [0.717, 1.165) is 72.9 Å². The first-order chi connectivity index (χ1) is 27.0. The zero-order valence-electron chi connectivity index (χ0n) is 35.0. The number of hydrogen-bond donors (Lipinski definition) is 2. The van der Waals surface area contributed by atoms with Crippen LogP contribution in [0.2, 0.25) is 0 Å². The number of hydrogen-bond acceptors (Lipinski definition) is 10. The molecule has 12 nitrogen and oxygen atoms in total. The zero-order chi connectivity index (χ0) is 40.7. The van der Waals surface area contributed by atoms with Crippen molar-refractivity contribution in [3.63, 3.8) is 0 Å². The summed E-state index contributed by atoms with van der Waals surface area (Å²) in [6.07, 6.45) is 1.35. The fraction of sp³-hybridized carbons (Fsp3) is 0.581. The first-order valence-electron chi connectivity index (χ1n) is 20.5. The Hall–Kier alpha value is -3.82. The number of aromatic nitrogens is 1. The molecule has 2 atom stereocenters. The maximum Gasteiger partial charge on any atom is 0.494 e. The molecule has 1 aromatic heterocycles. The SMILES string of the molecule is Cc1ncsc1-c1ccc(CNC(=O)[C@@H]2CCCN2C(=O)[C@@H](NC(=O)CN2CC(N3CCN(c4ccc(B5OC(C)(C)C(C)(C)O5)cc4)CC3)C2)C(C)(C)C)cc1. The molecule has 4 saturated heterocycles. The van der Waals surface area contributed by atoms with Crippen molar-refractivity contribution >= 4 is 47.3 Å². The lowest BCUT2D eigenvalue weighted by molar-refractivity contribution is -0.144. The smallest absolute Gasteiger partial charge is 0.399 e. The van der Waals surface area contributed by atoms with Crippen molar-refractivity contribution < 1.29 is 23.7 Å². The molecule has 0 radical (unpaired) electrons. The highest BCUT2D eigenvalue weighted by Gasteiger charge is 2.51. The average Bonchev–Trinajstić information content (AvgIpc) is 3.88. The van der Waals surface area contributed by atoms with Gasteiger partial charge in [0.15, 0.2) is 0 Å². The van der Waals surface area contributed by atoms with Crippen molar-refractivity contribution in [3.8, 4) is 10.4 Å². The fourth-order valence-electron chi connectivity index (χ4n) is 8.26. The molecule has 4 aliphatic rings. The van der Waals surface area contributed by atoms with Gasteiger partial charge in [-0.05, 0) is 81.6 Å². The predicted molar refractivity (Wildman–Crippen MR) is 226 cm³/mol. The topological polar surface area (TPSA) is 120 Å². The Morgan fingerprint density at radius 2 is 1.58 bits per heavy atom. The maximum atomic E-state index is 14.1. The summed E-state index contributed by atoms with van der Waals surface area (Å²) in [5.41, 5.74) is 5.93. The summed E-state index contributed by atoms with van der Waals surface area (Å²) in [6.45, 7) is 22.8. The Kier molecular flexibility index (Phi) is 11.9. The molecule has 5 heterocycles. The van der Waals surface area contributed by atoms with Crippen LogP contribution in [0, 0.1) is 12.3 Å². The largest absolute Gasteiger partial charge is 0.494 e. The number of nitrogens with one attached hydrogen (secondary N) is 2. The number of amides is 3. The van der Waals surface area contributed by atoms with E-state index in [0.29, 0.717) is 25.6 Å². The molecule has 0 aliphatic carbocycles. The van der Waals surface area contributed by atoms with Gasteiger partial charge in [0.2, 0.25) is 17.7 Å². The van der Waals surface area contributed by atoms with E-state index in [1.165, 1.54) is 5.69 Å². The molecule has 57 heavy (non-hydrogen) atoms. The second-order valence-electron chi connectivity index (χ2n) is 18.3. The minimum absolute atomic E-state index is 0.160. The molecule has 0 saturated carbocycles. The Balaban J connectivity index is 0.849. The van der Waals surface area contributed by atoms with Crippen LogP contribution in [-0.4, -0.2) is 126 Å². The average molecular weight is 798 g/mol. The van der Waals surface area contributed by atoms with E-state index >= 15 is 0 Å². The molecule has 3 amide bonds. The Bertz CT molecular complexity index is 1880. The summed E-state index contributed by atoms with van der Waals surface area (Å²) in [5.74, 6) is -0.516. The summed E-state index contributed by atoms with van der Waals surface area (Å²) in [6, 6.07) is 15.8. The second-order valence-corrected chi connectivity index (χ2v) is 19.1. The van der Waals surface area contributed by atoms with Crippen LogP contribution in [0.25, 0.3) is 10.4 Å². The highest BCUT2D eigenvalue weighted by molar-refractivity contribution is 7.13. The number of thiazole rings is 1. The molecular formula is C43H60BN7O5S. The van der Waals surface area contributed by atoms with Gasteiger partial charge in [-0.1, -0.05) is 57.2 Å². The van der Waals surface area contributed by atoms with E-state index in [9.17, 15) is 14.4 Å². The molecule has 2 aromatic carbocycles. The number of piperazine rings is 1. The van der Waals surface area contributed by atoms with Gasteiger partial charge >= 0.3 is 7.12 Å². The van der Waals surface area contributed by atoms with Crippen LogP contribution in [0.5, 0.6) is 0 Å². The minimum Gasteiger partial charge on any atom is -0.399 e. The van der Waals surface area contributed by atoms with Crippen molar-refractivity contribution in [2.45, 2.75) is 104 Å². The molecular weight excluding hydrogens is 737 g/mol. The normalized spacial score (nSPS) is 22.0. The van der Waals surface area contributed by atoms with Crippen molar-refractivity contribution in [2.24, 2.45) is 5.41 Å². The van der Waals surface area contributed by atoms with E-state index in [-0.39, 0.29) is 42.6 Å². The predicted octanol–water partition coefficient (Wildman–Crippen LogP) is 4.06. The summed E-state index contributed by atoms with van der Waals surface area (Å²) in [5, 5.41) is 6.13. The molecule has 0 unspecified atom stereocenters. The van der Waals surface area contributed by atoms with E-state index < -0.39 is 17.5 Å². The van der Waals surface area contributed by atoms with E-state index in [1.807, 2.05) is 45.3 Å². The summed E-state index contributed by atoms with van der Waals surface area (Å²) in [7, 11) is -0.361. The van der Waals surface area contributed by atoms with Gasteiger partial charge in [-0.3, -0.25) is 24.2 Å². The molecule has 0 bridgehead atoms. The van der Waals surface area contributed by atoms with E-state index in [2.05, 4.69) is 94.4 Å². The maximum absolute atomic E-state index is 14.1. The number of nitrogens with zero attached hydrogens (tertiary/aromatic N) is 5. The van der Waals surface area contributed by atoms with Gasteiger partial charge < -0.3 is 29.7 Å². The van der Waals surface area contributed by atoms with Crippen LogP contribution in [0.1, 0.15) is 72.6 Å². The lowest BCUT2D eigenvalue weighted by Gasteiger charge is -2.48. The number of likely N-dealkylation sites (tertiary alicyclic amines) is 2. The van der Waals surface area contributed by atoms with Gasteiger partial charge in [0.05, 0.1) is 33.8 Å². The molecule has 2 N–H and O–H groups in total. The monoisotopic (exact) mass is 797 g/mol. The van der Waals surface area contributed by atoms with Crippen LogP contribution in [-0.2, 0) is 30.2 Å². The van der Waals surface area contributed by atoms with Gasteiger partial charge in [0, 0.05) is 64.1 Å². The number of carbonyl (C=O) groups is 3. The van der Waals surface area contributed by atoms with Gasteiger partial charge in [-0.2, -0.15) is 0 Å². The van der Waals surface area contributed by atoms with Crippen molar-refractivity contribution in [1.82, 2.24) is 30.3 Å². The quantitative estimate of drug-likeness (QED) is 0.277. The lowest BCUT2D eigenvalue weighted by atomic mass is 9.79. The fourth-order valence-corrected chi connectivity index (χ4v) is 9.07. The van der Waals surface area contributed by atoms with E-state index in [4.69, 9.17) is 9.31 Å². The minimum atomic E-state index is -0.739. The highest BCUT2D eigenvalue weighted by Crippen LogP contribution is 2.37. The molecule has 0 spiro atoms. The van der Waals surface area contributed by atoms with Crippen LogP contribution < -0.4 is 21.0 Å². The molecule has 4 aliphatic heterocycles. The third-order valence-corrected chi connectivity index (χ3v) is 13.6. The van der Waals surface area contributed by atoms with E-state index in [1.54, 1.807) is 16.2 Å². The number of rotatable bonds is 11. The van der Waals surface area contributed by atoms with Crippen LogP contribution >= 0.6 is 11.3 Å². The van der Waals surface area contributed by atoms with Gasteiger partial charge in [0.25, 0.3) is 0 Å². The van der Waals surface area contributed by atoms with Crippen LogP contribution in [0.4, 0.5) is 5.69 Å². The number of carbonyl (C=O) groups excluding carboxylic acids is 3. The lowest BCUT2D eigenvalue weighted by Crippen LogP contribution is -2.65. The molecule has 4 fully saturated rings. The first kappa shape index (κ1) is 41.3. The number of anilines is 1. The second kappa shape index (κ2) is 16.4. The van der Waals surface area contributed by atoms with Gasteiger partial charge in [-0.25, -0.2) is 4.98 Å². The Labute approximate surface area is 342 Å². The van der Waals surface area contributed by atoms with Gasteiger partial charge in [0.1, 0.15) is 12.1 Å². The van der Waals surface area contributed by atoms with Crippen LogP contribution in [0.3, 0.4) is 0 Å². The van der Waals surface area contributed by atoms with Crippen molar-refractivity contribution in [2.75, 3.05) is 57.3 Å². The van der Waals surface area contributed by atoms with Crippen molar-refractivity contribution in [1.29, 1.82) is 0 Å². The molecule has 14 heteroatoms. The standard InChI is InChI=1S/C43H60BN7O5S/c1-29-37(57-28-46-29)31-13-11-30(12-14-31)24-45-39(53)35-10-9-19-51(35)40(54)38(41(2,3)4)47-36(52)27-48-25-34(26-48)50-22-20-49(21-23-50)33-17-15-32(16-18-33)44-55-42(5,6)43(7,8)56-44/h11-18,28,34-35,38H,9-10,19-27H2,1-8H3,(H,45,53)(H,47,52)/t35-,38+/m0/s1. The summed E-state index contributed by atoms with van der Waals surface area (Å²) >= 11 is 1.61.